The number of amides is 1. The fourth-order valence-corrected chi connectivity index (χ4v) is 3.96. The molecule has 3 rings (SSSR count). The second-order valence-electron chi connectivity index (χ2n) is 5.97. The molecule has 1 aliphatic rings. The van der Waals surface area contributed by atoms with E-state index in [-0.39, 0.29) is 5.91 Å². The molecule has 1 amide bonds. The molecule has 0 spiro atoms. The maximum Gasteiger partial charge on any atom is 0.222 e. The summed E-state index contributed by atoms with van der Waals surface area (Å²) >= 11 is 1.76. The molecule has 4 heteroatoms. The van der Waals surface area contributed by atoms with Gasteiger partial charge in [-0.05, 0) is 31.7 Å². The zero-order valence-corrected chi connectivity index (χ0v) is 13.8. The van der Waals surface area contributed by atoms with E-state index < -0.39 is 0 Å². The summed E-state index contributed by atoms with van der Waals surface area (Å²) in [5, 5.41) is 3.36. The molecule has 0 N–H and O–H groups in total. The molecule has 0 aliphatic carbocycles. The molecule has 116 valence electrons. The summed E-state index contributed by atoms with van der Waals surface area (Å²) in [5.74, 6) is 0.828. The lowest BCUT2D eigenvalue weighted by Gasteiger charge is -2.31. The van der Waals surface area contributed by atoms with Gasteiger partial charge >= 0.3 is 0 Å². The quantitative estimate of drug-likeness (QED) is 0.860. The smallest absolute Gasteiger partial charge is 0.222 e. The SMILES string of the molecule is Cc1csc(C2CCN(C(=O)CCc3ccccc3)CC2)n1. The van der Waals surface area contributed by atoms with Crippen LogP contribution in [-0.4, -0.2) is 28.9 Å². The second-order valence-corrected chi connectivity index (χ2v) is 6.86. The summed E-state index contributed by atoms with van der Waals surface area (Å²) in [7, 11) is 0. The fourth-order valence-electron chi connectivity index (χ4n) is 2.99. The molecule has 0 radical (unpaired) electrons. The van der Waals surface area contributed by atoms with Crippen molar-refractivity contribution in [2.24, 2.45) is 0 Å². The fraction of sp³-hybridized carbons (Fsp3) is 0.444. The van der Waals surface area contributed by atoms with E-state index in [9.17, 15) is 4.79 Å². The normalized spacial score (nSPS) is 16.0. The number of rotatable bonds is 4. The van der Waals surface area contributed by atoms with Crippen LogP contribution in [-0.2, 0) is 11.2 Å². The molecular weight excluding hydrogens is 292 g/mol. The van der Waals surface area contributed by atoms with Crippen LogP contribution in [0.3, 0.4) is 0 Å². The summed E-state index contributed by atoms with van der Waals surface area (Å²) in [5.41, 5.74) is 2.35. The van der Waals surface area contributed by atoms with Crippen LogP contribution in [0.15, 0.2) is 35.7 Å². The molecule has 0 saturated carbocycles. The van der Waals surface area contributed by atoms with Crippen molar-refractivity contribution in [1.29, 1.82) is 0 Å². The first-order chi connectivity index (χ1) is 10.7. The van der Waals surface area contributed by atoms with Crippen LogP contribution < -0.4 is 0 Å². The van der Waals surface area contributed by atoms with E-state index in [2.05, 4.69) is 22.5 Å². The van der Waals surface area contributed by atoms with Crippen LogP contribution in [0.25, 0.3) is 0 Å². The Kier molecular flexibility index (Phi) is 4.88. The molecule has 22 heavy (non-hydrogen) atoms. The van der Waals surface area contributed by atoms with Crippen molar-refractivity contribution in [3.8, 4) is 0 Å². The molecule has 1 saturated heterocycles. The van der Waals surface area contributed by atoms with Gasteiger partial charge in [0.05, 0.1) is 5.01 Å². The van der Waals surface area contributed by atoms with Gasteiger partial charge in [0.15, 0.2) is 0 Å². The van der Waals surface area contributed by atoms with Gasteiger partial charge in [-0.1, -0.05) is 30.3 Å². The highest BCUT2D eigenvalue weighted by molar-refractivity contribution is 7.09. The van der Waals surface area contributed by atoms with Crippen molar-refractivity contribution in [1.82, 2.24) is 9.88 Å². The number of hydrogen-bond acceptors (Lipinski definition) is 3. The zero-order chi connectivity index (χ0) is 15.4. The number of benzene rings is 1. The molecule has 1 aromatic heterocycles. The van der Waals surface area contributed by atoms with Gasteiger partial charge in [0, 0.05) is 36.5 Å². The van der Waals surface area contributed by atoms with Gasteiger partial charge in [-0.3, -0.25) is 4.79 Å². The predicted molar refractivity (Wildman–Crippen MR) is 90.2 cm³/mol. The summed E-state index contributed by atoms with van der Waals surface area (Å²) in [6, 6.07) is 10.2. The van der Waals surface area contributed by atoms with Crippen molar-refractivity contribution < 1.29 is 4.79 Å². The van der Waals surface area contributed by atoms with E-state index in [0.29, 0.717) is 12.3 Å². The van der Waals surface area contributed by atoms with Gasteiger partial charge in [-0.2, -0.15) is 0 Å². The molecule has 2 heterocycles. The van der Waals surface area contributed by atoms with Crippen molar-refractivity contribution in [3.05, 3.63) is 52.0 Å². The lowest BCUT2D eigenvalue weighted by molar-refractivity contribution is -0.132. The minimum absolute atomic E-state index is 0.289. The van der Waals surface area contributed by atoms with Crippen molar-refractivity contribution in [3.63, 3.8) is 0 Å². The Bertz CT molecular complexity index is 615. The maximum atomic E-state index is 12.3. The first kappa shape index (κ1) is 15.2. The number of piperidine rings is 1. The third kappa shape index (κ3) is 3.74. The number of nitrogens with zero attached hydrogens (tertiary/aromatic N) is 2. The van der Waals surface area contributed by atoms with Crippen LogP contribution >= 0.6 is 11.3 Å². The molecule has 1 fully saturated rings. The Labute approximate surface area is 136 Å². The minimum Gasteiger partial charge on any atom is -0.343 e. The molecule has 0 bridgehead atoms. The van der Waals surface area contributed by atoms with E-state index in [1.165, 1.54) is 10.6 Å². The maximum absolute atomic E-state index is 12.3. The van der Waals surface area contributed by atoms with Crippen LogP contribution in [0.1, 0.15) is 41.4 Å². The van der Waals surface area contributed by atoms with Crippen LogP contribution in [0.4, 0.5) is 0 Å². The Balaban J connectivity index is 1.47. The van der Waals surface area contributed by atoms with Crippen LogP contribution in [0.2, 0.25) is 0 Å². The number of likely N-dealkylation sites (tertiary alicyclic amines) is 1. The van der Waals surface area contributed by atoms with Crippen molar-refractivity contribution in [2.45, 2.75) is 38.5 Å². The topological polar surface area (TPSA) is 33.2 Å². The van der Waals surface area contributed by atoms with E-state index in [0.717, 1.165) is 38.0 Å². The molecule has 2 aromatic rings. The third-order valence-corrected chi connectivity index (χ3v) is 5.43. The summed E-state index contributed by atoms with van der Waals surface area (Å²) < 4.78 is 0. The predicted octanol–water partition coefficient (Wildman–Crippen LogP) is 3.79. The highest BCUT2D eigenvalue weighted by Crippen LogP contribution is 2.30. The number of hydrogen-bond donors (Lipinski definition) is 0. The van der Waals surface area contributed by atoms with Gasteiger partial charge in [0.1, 0.15) is 0 Å². The summed E-state index contributed by atoms with van der Waals surface area (Å²) in [4.78, 5) is 19.0. The largest absolute Gasteiger partial charge is 0.343 e. The number of aryl methyl sites for hydroxylation is 2. The Morgan fingerprint density at radius 1 is 1.27 bits per heavy atom. The molecule has 1 aliphatic heterocycles. The standard InChI is InChI=1S/C18H22N2OS/c1-14-13-22-18(19-14)16-9-11-20(12-10-16)17(21)8-7-15-5-3-2-4-6-15/h2-6,13,16H,7-12H2,1H3. The van der Waals surface area contributed by atoms with Crippen molar-refractivity contribution in [2.75, 3.05) is 13.1 Å². The van der Waals surface area contributed by atoms with Gasteiger partial charge in [-0.25, -0.2) is 4.98 Å². The van der Waals surface area contributed by atoms with Gasteiger partial charge < -0.3 is 4.90 Å². The average molecular weight is 314 g/mol. The Hall–Kier alpha value is -1.68. The Morgan fingerprint density at radius 3 is 2.64 bits per heavy atom. The molecule has 0 unspecified atom stereocenters. The summed E-state index contributed by atoms with van der Waals surface area (Å²) in [6.07, 6.45) is 3.55. The average Bonchev–Trinajstić information content (AvgIpc) is 3.00. The molecule has 3 nitrogen and oxygen atoms in total. The lowest BCUT2D eigenvalue weighted by Crippen LogP contribution is -2.38. The number of carbonyl (C=O) groups is 1. The van der Waals surface area contributed by atoms with E-state index in [1.54, 1.807) is 11.3 Å². The molecule has 0 atom stereocenters. The zero-order valence-electron chi connectivity index (χ0n) is 13.0. The van der Waals surface area contributed by atoms with E-state index in [4.69, 9.17) is 0 Å². The van der Waals surface area contributed by atoms with E-state index >= 15 is 0 Å². The second kappa shape index (κ2) is 7.05. The van der Waals surface area contributed by atoms with Gasteiger partial charge in [0.25, 0.3) is 0 Å². The van der Waals surface area contributed by atoms with Gasteiger partial charge in [-0.15, -0.1) is 11.3 Å². The van der Waals surface area contributed by atoms with Gasteiger partial charge in [0.2, 0.25) is 5.91 Å². The summed E-state index contributed by atoms with van der Waals surface area (Å²) in [6.45, 7) is 3.79. The number of thiazole rings is 1. The number of carbonyl (C=O) groups excluding carboxylic acids is 1. The first-order valence-corrected chi connectivity index (χ1v) is 8.84. The minimum atomic E-state index is 0.289. The molecular formula is C18H22N2OS. The van der Waals surface area contributed by atoms with Crippen molar-refractivity contribution >= 4 is 17.2 Å². The number of aromatic nitrogens is 1. The van der Waals surface area contributed by atoms with Crippen LogP contribution in [0, 0.1) is 6.92 Å². The highest BCUT2D eigenvalue weighted by atomic mass is 32.1. The Morgan fingerprint density at radius 2 is 2.00 bits per heavy atom. The molecule has 1 aromatic carbocycles. The lowest BCUT2D eigenvalue weighted by atomic mass is 9.97. The van der Waals surface area contributed by atoms with Crippen LogP contribution in [0.5, 0.6) is 0 Å². The highest BCUT2D eigenvalue weighted by Gasteiger charge is 2.25. The monoisotopic (exact) mass is 314 g/mol. The van der Waals surface area contributed by atoms with E-state index in [1.807, 2.05) is 30.0 Å². The first-order valence-electron chi connectivity index (χ1n) is 7.96. The third-order valence-electron chi connectivity index (χ3n) is 4.30.